The molecule has 1 heterocycles. The van der Waals surface area contributed by atoms with Crippen LogP contribution in [0, 0.1) is 5.92 Å². The van der Waals surface area contributed by atoms with Gasteiger partial charge in [0.25, 0.3) is 0 Å². The third-order valence-electron chi connectivity index (χ3n) is 3.95. The van der Waals surface area contributed by atoms with Crippen molar-refractivity contribution in [3.8, 4) is 0 Å². The summed E-state index contributed by atoms with van der Waals surface area (Å²) in [6.45, 7) is 4.34. The number of aryl methyl sites for hydroxylation is 1. The quantitative estimate of drug-likeness (QED) is 0.891. The van der Waals surface area contributed by atoms with E-state index < -0.39 is 11.9 Å². The molecule has 0 aromatic heterocycles. The van der Waals surface area contributed by atoms with Crippen molar-refractivity contribution in [3.63, 3.8) is 0 Å². The highest BCUT2D eigenvalue weighted by molar-refractivity contribution is 5.90. The molecule has 2 unspecified atom stereocenters. The summed E-state index contributed by atoms with van der Waals surface area (Å²) in [6.07, 6.45) is 1.47. The Hall–Kier alpha value is -2.04. The van der Waals surface area contributed by atoms with E-state index in [1.807, 2.05) is 24.3 Å². The van der Waals surface area contributed by atoms with Crippen LogP contribution >= 0.6 is 0 Å². The van der Waals surface area contributed by atoms with Crippen LogP contribution in [0.1, 0.15) is 25.8 Å². The van der Waals surface area contributed by atoms with Gasteiger partial charge in [-0.25, -0.2) is 4.79 Å². The molecule has 20 heavy (non-hydrogen) atoms. The van der Waals surface area contributed by atoms with Crippen LogP contribution in [0.4, 0.5) is 10.5 Å². The molecule has 5 heteroatoms. The van der Waals surface area contributed by atoms with E-state index in [1.54, 1.807) is 11.8 Å². The second kappa shape index (κ2) is 5.94. The summed E-state index contributed by atoms with van der Waals surface area (Å²) < 4.78 is 0. The number of amides is 2. The Morgan fingerprint density at radius 1 is 1.35 bits per heavy atom. The number of rotatable bonds is 3. The number of carboxylic acids is 1. The summed E-state index contributed by atoms with van der Waals surface area (Å²) in [6, 6.07) is 7.18. The number of carboxylic acid groups (broad SMARTS) is 1. The molecule has 0 aliphatic carbocycles. The maximum Gasteiger partial charge on any atom is 0.322 e. The van der Waals surface area contributed by atoms with Crippen molar-refractivity contribution in [1.82, 2.24) is 4.90 Å². The first kappa shape index (κ1) is 14.4. The molecule has 0 saturated carbocycles. The summed E-state index contributed by atoms with van der Waals surface area (Å²) >= 11 is 0. The van der Waals surface area contributed by atoms with Crippen LogP contribution in [-0.4, -0.2) is 34.6 Å². The normalized spacial score (nSPS) is 21.8. The third kappa shape index (κ3) is 2.92. The van der Waals surface area contributed by atoms with E-state index in [4.69, 9.17) is 5.11 Å². The van der Waals surface area contributed by atoms with E-state index >= 15 is 0 Å². The number of nitrogens with one attached hydrogen (secondary N) is 1. The van der Waals surface area contributed by atoms with E-state index in [2.05, 4.69) is 12.2 Å². The Bertz CT molecular complexity index is 498. The second-order valence-electron chi connectivity index (χ2n) is 5.15. The average Bonchev–Trinajstić information content (AvgIpc) is 2.81. The van der Waals surface area contributed by atoms with E-state index in [1.165, 1.54) is 5.56 Å². The molecule has 0 radical (unpaired) electrons. The maximum atomic E-state index is 12.2. The highest BCUT2D eigenvalue weighted by Crippen LogP contribution is 2.25. The van der Waals surface area contributed by atoms with Crippen molar-refractivity contribution in [3.05, 3.63) is 29.8 Å². The number of nitrogens with zero attached hydrogens (tertiary/aromatic N) is 1. The number of benzene rings is 1. The number of hydrogen-bond donors (Lipinski definition) is 2. The van der Waals surface area contributed by atoms with Gasteiger partial charge in [0.15, 0.2) is 0 Å². The zero-order valence-corrected chi connectivity index (χ0v) is 11.8. The van der Waals surface area contributed by atoms with Crippen molar-refractivity contribution in [2.75, 3.05) is 11.9 Å². The number of carbonyl (C=O) groups is 2. The molecule has 2 atom stereocenters. The molecule has 0 spiro atoms. The minimum absolute atomic E-state index is 0.231. The molecule has 0 bridgehead atoms. The van der Waals surface area contributed by atoms with Crippen LogP contribution in [0.15, 0.2) is 24.3 Å². The summed E-state index contributed by atoms with van der Waals surface area (Å²) in [5.41, 5.74) is 1.95. The largest absolute Gasteiger partial charge is 0.481 e. The van der Waals surface area contributed by atoms with Gasteiger partial charge in [0.05, 0.1) is 5.92 Å². The first-order valence-corrected chi connectivity index (χ1v) is 6.92. The molecule has 1 aliphatic rings. The number of likely N-dealkylation sites (tertiary alicyclic amines) is 1. The Morgan fingerprint density at radius 3 is 2.50 bits per heavy atom. The monoisotopic (exact) mass is 276 g/mol. The Morgan fingerprint density at radius 2 is 2.00 bits per heavy atom. The first-order valence-electron chi connectivity index (χ1n) is 6.92. The predicted molar refractivity (Wildman–Crippen MR) is 76.7 cm³/mol. The van der Waals surface area contributed by atoms with Crippen molar-refractivity contribution in [2.24, 2.45) is 5.92 Å². The average molecular weight is 276 g/mol. The van der Waals surface area contributed by atoms with Gasteiger partial charge in [-0.3, -0.25) is 4.79 Å². The molecule has 108 valence electrons. The van der Waals surface area contributed by atoms with Crippen LogP contribution in [0.5, 0.6) is 0 Å². The van der Waals surface area contributed by atoms with Gasteiger partial charge in [-0.2, -0.15) is 0 Å². The van der Waals surface area contributed by atoms with Crippen molar-refractivity contribution < 1.29 is 14.7 Å². The van der Waals surface area contributed by atoms with Crippen LogP contribution in [0.3, 0.4) is 0 Å². The molecule has 1 saturated heterocycles. The fraction of sp³-hybridized carbons (Fsp3) is 0.467. The van der Waals surface area contributed by atoms with E-state index in [0.29, 0.717) is 13.0 Å². The number of anilines is 1. The second-order valence-corrected chi connectivity index (χ2v) is 5.15. The van der Waals surface area contributed by atoms with E-state index in [9.17, 15) is 9.59 Å². The van der Waals surface area contributed by atoms with Gasteiger partial charge in [-0.05, 0) is 37.5 Å². The minimum Gasteiger partial charge on any atom is -0.481 e. The lowest BCUT2D eigenvalue weighted by atomic mass is 10.0. The summed E-state index contributed by atoms with van der Waals surface area (Å²) in [4.78, 5) is 24.8. The summed E-state index contributed by atoms with van der Waals surface area (Å²) in [5.74, 6) is -1.30. The predicted octanol–water partition coefficient (Wildman–Crippen LogP) is 2.58. The van der Waals surface area contributed by atoms with Gasteiger partial charge in [0.1, 0.15) is 0 Å². The molecular weight excluding hydrogens is 256 g/mol. The van der Waals surface area contributed by atoms with Crippen LogP contribution in [0.2, 0.25) is 0 Å². The van der Waals surface area contributed by atoms with Gasteiger partial charge in [0, 0.05) is 18.3 Å². The highest BCUT2D eigenvalue weighted by atomic mass is 16.4. The van der Waals surface area contributed by atoms with Crippen molar-refractivity contribution in [2.45, 2.75) is 32.7 Å². The molecule has 2 N–H and O–H groups in total. The number of hydrogen-bond acceptors (Lipinski definition) is 2. The van der Waals surface area contributed by atoms with Gasteiger partial charge in [-0.1, -0.05) is 19.1 Å². The van der Waals surface area contributed by atoms with Crippen molar-refractivity contribution in [1.29, 1.82) is 0 Å². The molecule has 1 aromatic carbocycles. The SMILES string of the molecule is CCc1ccc(NC(=O)N2CCC(C(=O)O)C2C)cc1. The third-order valence-corrected chi connectivity index (χ3v) is 3.95. The fourth-order valence-electron chi connectivity index (χ4n) is 2.58. The lowest BCUT2D eigenvalue weighted by molar-refractivity contribution is -0.142. The van der Waals surface area contributed by atoms with Crippen LogP contribution < -0.4 is 5.32 Å². The number of urea groups is 1. The summed E-state index contributed by atoms with van der Waals surface area (Å²) in [7, 11) is 0. The molecule has 2 rings (SSSR count). The van der Waals surface area contributed by atoms with Gasteiger partial charge in [0.2, 0.25) is 0 Å². The topological polar surface area (TPSA) is 69.6 Å². The number of carbonyl (C=O) groups excluding carboxylic acids is 1. The molecular formula is C15H20N2O3. The minimum atomic E-state index is -0.833. The van der Waals surface area contributed by atoms with Gasteiger partial charge >= 0.3 is 12.0 Å². The van der Waals surface area contributed by atoms with E-state index in [0.717, 1.165) is 12.1 Å². The smallest absolute Gasteiger partial charge is 0.322 e. The van der Waals surface area contributed by atoms with Crippen LogP contribution in [-0.2, 0) is 11.2 Å². The fourth-order valence-corrected chi connectivity index (χ4v) is 2.58. The lowest BCUT2D eigenvalue weighted by Gasteiger charge is -2.23. The van der Waals surface area contributed by atoms with Crippen molar-refractivity contribution >= 4 is 17.7 Å². The van der Waals surface area contributed by atoms with Crippen LogP contribution in [0.25, 0.3) is 0 Å². The van der Waals surface area contributed by atoms with Gasteiger partial charge in [-0.15, -0.1) is 0 Å². The first-order chi connectivity index (χ1) is 9.52. The molecule has 5 nitrogen and oxygen atoms in total. The van der Waals surface area contributed by atoms with Gasteiger partial charge < -0.3 is 15.3 Å². The zero-order chi connectivity index (χ0) is 14.7. The maximum absolute atomic E-state index is 12.2. The molecule has 1 fully saturated rings. The standard InChI is InChI=1S/C15H20N2O3/c1-3-11-4-6-12(7-5-11)16-15(20)17-9-8-13(10(17)2)14(18)19/h4-7,10,13H,3,8-9H2,1-2H3,(H,16,20)(H,18,19). The Labute approximate surface area is 118 Å². The zero-order valence-electron chi connectivity index (χ0n) is 11.8. The Kier molecular flexibility index (Phi) is 4.27. The molecule has 1 aromatic rings. The lowest BCUT2D eigenvalue weighted by Crippen LogP contribution is -2.40. The Balaban J connectivity index is 1.99. The molecule has 1 aliphatic heterocycles. The number of aliphatic carboxylic acids is 1. The highest BCUT2D eigenvalue weighted by Gasteiger charge is 2.38. The van der Waals surface area contributed by atoms with E-state index in [-0.39, 0.29) is 12.1 Å². The molecule has 2 amide bonds. The summed E-state index contributed by atoms with van der Waals surface area (Å²) in [5, 5.41) is 11.9.